The summed E-state index contributed by atoms with van der Waals surface area (Å²) in [6.45, 7) is 1.82. The van der Waals surface area contributed by atoms with Crippen molar-refractivity contribution in [3.05, 3.63) is 58.6 Å². The number of piperazine rings is 1. The zero-order valence-corrected chi connectivity index (χ0v) is 15.8. The Kier molecular flexibility index (Phi) is 5.50. The van der Waals surface area contributed by atoms with Gasteiger partial charge in [-0.05, 0) is 17.7 Å². The Bertz CT molecular complexity index is 895. The molecular formula is C18H21ClN4O2S. The summed E-state index contributed by atoms with van der Waals surface area (Å²) in [5.41, 5.74) is 8.56. The molecule has 3 N–H and O–H groups in total. The van der Waals surface area contributed by atoms with Crippen LogP contribution in [0.3, 0.4) is 0 Å². The lowest BCUT2D eigenvalue weighted by molar-refractivity contribution is 0.384. The first-order valence-corrected chi connectivity index (χ1v) is 10.3. The fraction of sp³-hybridized carbons (Fsp3) is 0.278. The first-order valence-electron chi connectivity index (χ1n) is 8.27. The van der Waals surface area contributed by atoms with Gasteiger partial charge in [-0.25, -0.2) is 8.42 Å². The molecule has 0 spiro atoms. The lowest BCUT2D eigenvalue weighted by atomic mass is 10.1. The summed E-state index contributed by atoms with van der Waals surface area (Å²) in [4.78, 5) is 2.02. The fourth-order valence-corrected chi connectivity index (χ4v) is 4.86. The molecule has 0 unspecified atom stereocenters. The number of halogens is 1. The van der Waals surface area contributed by atoms with Crippen molar-refractivity contribution in [1.29, 1.82) is 5.41 Å². The Morgan fingerprint density at radius 3 is 2.38 bits per heavy atom. The van der Waals surface area contributed by atoms with Crippen LogP contribution in [0.5, 0.6) is 0 Å². The molecule has 0 bridgehead atoms. The Balaban J connectivity index is 1.73. The monoisotopic (exact) mass is 392 g/mol. The second kappa shape index (κ2) is 7.65. The van der Waals surface area contributed by atoms with Crippen molar-refractivity contribution in [3.8, 4) is 0 Å². The van der Waals surface area contributed by atoms with E-state index in [-0.39, 0.29) is 5.75 Å². The van der Waals surface area contributed by atoms with Crippen LogP contribution < -0.4 is 10.6 Å². The van der Waals surface area contributed by atoms with Gasteiger partial charge in [-0.15, -0.1) is 0 Å². The molecule has 0 amide bonds. The number of nitrogens with zero attached hydrogens (tertiary/aromatic N) is 2. The quantitative estimate of drug-likeness (QED) is 0.604. The van der Waals surface area contributed by atoms with E-state index in [1.807, 2.05) is 35.2 Å². The summed E-state index contributed by atoms with van der Waals surface area (Å²) in [5, 5.41) is 8.10. The van der Waals surface area contributed by atoms with Crippen LogP contribution in [0.2, 0.25) is 5.02 Å². The largest absolute Gasteiger partial charge is 0.398 e. The molecular weight excluding hydrogens is 372 g/mol. The van der Waals surface area contributed by atoms with Crippen LogP contribution in [-0.2, 0) is 15.8 Å². The van der Waals surface area contributed by atoms with E-state index < -0.39 is 10.0 Å². The molecule has 2 aromatic carbocycles. The third-order valence-corrected chi connectivity index (χ3v) is 6.53. The minimum absolute atomic E-state index is 0.00367. The summed E-state index contributed by atoms with van der Waals surface area (Å²) in [6.07, 6.45) is 1.21. The standard InChI is InChI=1S/C18H21ClN4O2S/c19-15-10-17(21)16(12-20)18(11-15)22-6-8-23(9-7-22)26(24,25)13-14-4-2-1-3-5-14/h1-5,10-12,20H,6-9,13,21H2. The minimum atomic E-state index is -3.36. The van der Waals surface area contributed by atoms with Gasteiger partial charge in [-0.2, -0.15) is 4.31 Å². The number of nitrogens with one attached hydrogen (secondary N) is 1. The third kappa shape index (κ3) is 4.00. The predicted molar refractivity (Wildman–Crippen MR) is 107 cm³/mol. The number of rotatable bonds is 5. The van der Waals surface area contributed by atoms with E-state index in [4.69, 9.17) is 22.7 Å². The van der Waals surface area contributed by atoms with Crippen molar-refractivity contribution in [2.24, 2.45) is 0 Å². The van der Waals surface area contributed by atoms with Crippen molar-refractivity contribution < 1.29 is 8.42 Å². The molecule has 1 heterocycles. The van der Waals surface area contributed by atoms with E-state index in [0.717, 1.165) is 11.3 Å². The molecule has 26 heavy (non-hydrogen) atoms. The van der Waals surface area contributed by atoms with Gasteiger partial charge in [-0.1, -0.05) is 41.9 Å². The van der Waals surface area contributed by atoms with E-state index in [1.54, 1.807) is 12.1 Å². The van der Waals surface area contributed by atoms with Crippen LogP contribution in [0.25, 0.3) is 0 Å². The summed E-state index contributed by atoms with van der Waals surface area (Å²) < 4.78 is 26.8. The summed E-state index contributed by atoms with van der Waals surface area (Å²) >= 11 is 6.10. The lowest BCUT2D eigenvalue weighted by Gasteiger charge is -2.36. The fourth-order valence-electron chi connectivity index (χ4n) is 3.13. The number of sulfonamides is 1. The van der Waals surface area contributed by atoms with E-state index >= 15 is 0 Å². The lowest BCUT2D eigenvalue weighted by Crippen LogP contribution is -2.49. The molecule has 0 aromatic heterocycles. The second-order valence-electron chi connectivity index (χ2n) is 6.20. The maximum atomic E-state index is 12.7. The Hall–Kier alpha value is -2.09. The Morgan fingerprint density at radius 1 is 1.12 bits per heavy atom. The zero-order valence-electron chi connectivity index (χ0n) is 14.2. The van der Waals surface area contributed by atoms with Crippen molar-refractivity contribution in [2.75, 3.05) is 36.8 Å². The van der Waals surface area contributed by atoms with E-state index in [2.05, 4.69) is 0 Å². The van der Waals surface area contributed by atoms with Gasteiger partial charge in [0, 0.05) is 54.4 Å². The summed E-state index contributed by atoms with van der Waals surface area (Å²) in [5.74, 6) is 0.00367. The SMILES string of the molecule is N=Cc1c(N)cc(Cl)cc1N1CCN(S(=O)(=O)Cc2ccccc2)CC1. The van der Waals surface area contributed by atoms with Crippen molar-refractivity contribution in [3.63, 3.8) is 0 Å². The molecule has 1 saturated heterocycles. The Labute approximate surface area is 158 Å². The number of hydrogen-bond acceptors (Lipinski definition) is 5. The van der Waals surface area contributed by atoms with Gasteiger partial charge in [0.25, 0.3) is 0 Å². The van der Waals surface area contributed by atoms with Crippen LogP contribution in [-0.4, -0.2) is 45.1 Å². The average molecular weight is 393 g/mol. The highest BCUT2D eigenvalue weighted by atomic mass is 35.5. The van der Waals surface area contributed by atoms with Crippen molar-refractivity contribution >= 4 is 39.2 Å². The molecule has 2 aromatic rings. The first-order chi connectivity index (χ1) is 12.4. The van der Waals surface area contributed by atoms with Crippen LogP contribution in [0.1, 0.15) is 11.1 Å². The van der Waals surface area contributed by atoms with Gasteiger partial charge in [0.2, 0.25) is 10.0 Å². The molecule has 6 nitrogen and oxygen atoms in total. The highest BCUT2D eigenvalue weighted by Crippen LogP contribution is 2.30. The molecule has 1 aliphatic rings. The van der Waals surface area contributed by atoms with Crippen molar-refractivity contribution in [2.45, 2.75) is 5.75 Å². The maximum Gasteiger partial charge on any atom is 0.218 e. The van der Waals surface area contributed by atoms with E-state index in [9.17, 15) is 8.42 Å². The Morgan fingerprint density at radius 2 is 1.77 bits per heavy atom. The van der Waals surface area contributed by atoms with Gasteiger partial charge in [0.05, 0.1) is 5.75 Å². The van der Waals surface area contributed by atoms with Crippen molar-refractivity contribution in [1.82, 2.24) is 4.31 Å². The highest BCUT2D eigenvalue weighted by Gasteiger charge is 2.28. The molecule has 0 radical (unpaired) electrons. The van der Waals surface area contributed by atoms with Crippen LogP contribution >= 0.6 is 11.6 Å². The van der Waals surface area contributed by atoms with Gasteiger partial charge < -0.3 is 16.0 Å². The summed E-state index contributed by atoms with van der Waals surface area (Å²) in [6, 6.07) is 12.6. The van der Waals surface area contributed by atoms with Gasteiger partial charge in [-0.3, -0.25) is 0 Å². The number of nitrogens with two attached hydrogens (primary N) is 1. The minimum Gasteiger partial charge on any atom is -0.398 e. The average Bonchev–Trinajstić information content (AvgIpc) is 2.62. The molecule has 8 heteroatoms. The van der Waals surface area contributed by atoms with Crippen LogP contribution in [0.4, 0.5) is 11.4 Å². The van der Waals surface area contributed by atoms with E-state index in [1.165, 1.54) is 10.5 Å². The normalized spacial score (nSPS) is 15.8. The number of nitrogen functional groups attached to an aromatic ring is 1. The van der Waals surface area contributed by atoms with Gasteiger partial charge in [0.15, 0.2) is 0 Å². The maximum absolute atomic E-state index is 12.7. The molecule has 1 fully saturated rings. The molecule has 138 valence electrons. The van der Waals surface area contributed by atoms with Crippen LogP contribution in [0.15, 0.2) is 42.5 Å². The number of hydrogen-bond donors (Lipinski definition) is 2. The second-order valence-corrected chi connectivity index (χ2v) is 8.61. The molecule has 0 saturated carbocycles. The topological polar surface area (TPSA) is 90.5 Å². The zero-order chi connectivity index (χ0) is 18.7. The van der Waals surface area contributed by atoms with Gasteiger partial charge >= 0.3 is 0 Å². The highest BCUT2D eigenvalue weighted by molar-refractivity contribution is 7.88. The van der Waals surface area contributed by atoms with Crippen LogP contribution in [0, 0.1) is 5.41 Å². The smallest absolute Gasteiger partial charge is 0.218 e. The molecule has 0 aliphatic carbocycles. The molecule has 0 atom stereocenters. The molecule has 1 aliphatic heterocycles. The van der Waals surface area contributed by atoms with Gasteiger partial charge in [0.1, 0.15) is 0 Å². The predicted octanol–water partition coefficient (Wildman–Crippen LogP) is 2.57. The van der Waals surface area contributed by atoms with E-state index in [0.29, 0.717) is 42.5 Å². The number of benzene rings is 2. The third-order valence-electron chi connectivity index (χ3n) is 4.46. The number of anilines is 2. The summed E-state index contributed by atoms with van der Waals surface area (Å²) in [7, 11) is -3.36. The molecule has 3 rings (SSSR count). The first kappa shape index (κ1) is 18.7.